The van der Waals surface area contributed by atoms with Gasteiger partial charge in [0.1, 0.15) is 17.7 Å². The average molecular weight is 485 g/mol. The van der Waals surface area contributed by atoms with Crippen LogP contribution in [0.5, 0.6) is 11.5 Å². The predicted molar refractivity (Wildman–Crippen MR) is 137 cm³/mol. The quantitative estimate of drug-likeness (QED) is 0.327. The van der Waals surface area contributed by atoms with Gasteiger partial charge in [-0.1, -0.05) is 12.1 Å². The standard InChI is InChI=1S/C28H25FN4O3/c1-16-5-7-21(29)22(9-16)31-27(34)15-36-25-8-6-19(13-26(25)35-4)12-20(14-30)28-32-23-10-17(2)18(3)11-24(23)33-28/h5-13H,15H2,1-4H3,(H,31,34)(H,32,33)/b20-12+. The smallest absolute Gasteiger partial charge is 0.262 e. The van der Waals surface area contributed by atoms with Crippen molar-refractivity contribution in [1.82, 2.24) is 9.97 Å². The number of imidazole rings is 1. The lowest BCUT2D eigenvalue weighted by molar-refractivity contribution is -0.118. The molecule has 1 aromatic heterocycles. The predicted octanol–water partition coefficient (Wildman–Crippen LogP) is 5.72. The van der Waals surface area contributed by atoms with Gasteiger partial charge in [0.25, 0.3) is 5.91 Å². The van der Waals surface area contributed by atoms with Gasteiger partial charge in [0, 0.05) is 0 Å². The molecule has 182 valence electrons. The van der Waals surface area contributed by atoms with Gasteiger partial charge in [-0.3, -0.25) is 4.79 Å². The number of carbonyl (C=O) groups excluding carboxylic acids is 1. The Balaban J connectivity index is 1.51. The van der Waals surface area contributed by atoms with Crippen LogP contribution in [0.1, 0.15) is 28.1 Å². The SMILES string of the molecule is COc1cc(/C=C(\C#N)c2nc3cc(C)c(C)cc3[nH]2)ccc1OCC(=O)Nc1cc(C)ccc1F. The molecule has 0 aliphatic rings. The fraction of sp³-hybridized carbons (Fsp3) is 0.179. The van der Waals surface area contributed by atoms with E-state index in [-0.39, 0.29) is 12.3 Å². The number of allylic oxidation sites excluding steroid dienone is 1. The highest BCUT2D eigenvalue weighted by atomic mass is 19.1. The molecule has 0 radical (unpaired) electrons. The summed E-state index contributed by atoms with van der Waals surface area (Å²) in [6, 6.07) is 15.7. The first-order valence-corrected chi connectivity index (χ1v) is 11.2. The maximum atomic E-state index is 13.9. The summed E-state index contributed by atoms with van der Waals surface area (Å²) in [4.78, 5) is 20.0. The molecule has 7 nitrogen and oxygen atoms in total. The molecule has 0 aliphatic heterocycles. The van der Waals surface area contributed by atoms with Gasteiger partial charge in [-0.2, -0.15) is 5.26 Å². The van der Waals surface area contributed by atoms with Crippen molar-refractivity contribution >= 4 is 34.3 Å². The molecule has 0 saturated heterocycles. The number of nitrogens with zero attached hydrogens (tertiary/aromatic N) is 2. The van der Waals surface area contributed by atoms with E-state index < -0.39 is 11.7 Å². The number of carbonyl (C=O) groups is 1. The largest absolute Gasteiger partial charge is 0.493 e. The van der Waals surface area contributed by atoms with Crippen molar-refractivity contribution in [3.8, 4) is 17.6 Å². The van der Waals surface area contributed by atoms with Gasteiger partial charge in [0.2, 0.25) is 0 Å². The second kappa shape index (κ2) is 10.3. The van der Waals surface area contributed by atoms with Gasteiger partial charge in [0.15, 0.2) is 18.1 Å². The van der Waals surface area contributed by atoms with Crippen molar-refractivity contribution in [2.24, 2.45) is 0 Å². The Bertz CT molecular complexity index is 1490. The zero-order valence-electron chi connectivity index (χ0n) is 20.4. The summed E-state index contributed by atoms with van der Waals surface area (Å²) in [7, 11) is 1.48. The maximum absolute atomic E-state index is 13.9. The molecule has 0 atom stereocenters. The topological polar surface area (TPSA) is 100 Å². The van der Waals surface area contributed by atoms with E-state index in [4.69, 9.17) is 9.47 Å². The number of aromatic nitrogens is 2. The van der Waals surface area contributed by atoms with Gasteiger partial charge in [-0.05, 0) is 85.5 Å². The minimum atomic E-state index is -0.523. The van der Waals surface area contributed by atoms with Gasteiger partial charge < -0.3 is 19.8 Å². The van der Waals surface area contributed by atoms with Gasteiger partial charge in [0.05, 0.1) is 29.4 Å². The Labute approximate surface area is 208 Å². The molecule has 0 unspecified atom stereocenters. The van der Waals surface area contributed by atoms with Crippen molar-refractivity contribution in [3.05, 3.63) is 82.4 Å². The third-order valence-corrected chi connectivity index (χ3v) is 5.73. The van der Waals surface area contributed by atoms with Crippen molar-refractivity contribution in [2.75, 3.05) is 19.0 Å². The maximum Gasteiger partial charge on any atom is 0.262 e. The number of hydrogen-bond donors (Lipinski definition) is 2. The molecule has 0 aliphatic carbocycles. The van der Waals surface area contributed by atoms with Crippen LogP contribution in [0.25, 0.3) is 22.7 Å². The molecule has 0 fully saturated rings. The number of fused-ring (bicyclic) bond motifs is 1. The van der Waals surface area contributed by atoms with Crippen molar-refractivity contribution in [3.63, 3.8) is 0 Å². The summed E-state index contributed by atoms with van der Waals surface area (Å²) in [6.45, 7) is 5.52. The molecule has 3 aromatic carbocycles. The lowest BCUT2D eigenvalue weighted by Gasteiger charge is -2.12. The fourth-order valence-electron chi connectivity index (χ4n) is 3.68. The number of aromatic amines is 1. The number of aryl methyl sites for hydroxylation is 3. The zero-order valence-corrected chi connectivity index (χ0v) is 20.4. The number of anilines is 1. The number of halogens is 1. The van der Waals surface area contributed by atoms with Crippen LogP contribution in [0.15, 0.2) is 48.5 Å². The molecule has 0 spiro atoms. The van der Waals surface area contributed by atoms with Crippen LogP contribution >= 0.6 is 0 Å². The molecular formula is C28H25FN4O3. The number of nitrogens with one attached hydrogen (secondary N) is 2. The third-order valence-electron chi connectivity index (χ3n) is 5.73. The van der Waals surface area contributed by atoms with E-state index in [2.05, 4.69) is 21.4 Å². The van der Waals surface area contributed by atoms with E-state index in [9.17, 15) is 14.4 Å². The summed E-state index contributed by atoms with van der Waals surface area (Å²) in [5.74, 6) is 0.157. The fourth-order valence-corrected chi connectivity index (χ4v) is 3.68. The molecule has 36 heavy (non-hydrogen) atoms. The van der Waals surface area contributed by atoms with Gasteiger partial charge in [-0.15, -0.1) is 0 Å². The van der Waals surface area contributed by atoms with E-state index in [1.165, 1.54) is 13.2 Å². The Morgan fingerprint density at radius 2 is 1.89 bits per heavy atom. The van der Waals surface area contributed by atoms with Crippen molar-refractivity contribution < 1.29 is 18.7 Å². The molecule has 0 bridgehead atoms. The number of rotatable bonds is 7. The molecule has 1 heterocycles. The average Bonchev–Trinajstić information content (AvgIpc) is 3.26. The molecular weight excluding hydrogens is 459 g/mol. The zero-order chi connectivity index (χ0) is 25.8. The monoisotopic (exact) mass is 484 g/mol. The van der Waals surface area contributed by atoms with Gasteiger partial charge >= 0.3 is 0 Å². The van der Waals surface area contributed by atoms with Crippen LogP contribution in [0, 0.1) is 37.9 Å². The molecule has 4 aromatic rings. The second-order valence-corrected chi connectivity index (χ2v) is 8.44. The molecule has 1 amide bonds. The van der Waals surface area contributed by atoms with Crippen LogP contribution < -0.4 is 14.8 Å². The minimum Gasteiger partial charge on any atom is -0.493 e. The van der Waals surface area contributed by atoms with E-state index in [1.54, 1.807) is 43.3 Å². The lowest BCUT2D eigenvalue weighted by Crippen LogP contribution is -2.21. The number of methoxy groups -OCH3 is 1. The van der Waals surface area contributed by atoms with Crippen molar-refractivity contribution in [1.29, 1.82) is 5.26 Å². The molecule has 8 heteroatoms. The summed E-state index contributed by atoms with van der Waals surface area (Å²) < 4.78 is 24.9. The summed E-state index contributed by atoms with van der Waals surface area (Å²) >= 11 is 0. The molecule has 2 N–H and O–H groups in total. The van der Waals surface area contributed by atoms with Crippen LogP contribution in [-0.2, 0) is 4.79 Å². The normalized spacial score (nSPS) is 11.3. The van der Waals surface area contributed by atoms with Crippen molar-refractivity contribution in [2.45, 2.75) is 20.8 Å². The number of H-pyrrole nitrogens is 1. The lowest BCUT2D eigenvalue weighted by atomic mass is 10.1. The summed E-state index contributed by atoms with van der Waals surface area (Å²) in [5.41, 5.74) is 5.88. The molecule has 4 rings (SSSR count). The van der Waals surface area contributed by atoms with E-state index in [1.807, 2.05) is 26.0 Å². The van der Waals surface area contributed by atoms with E-state index >= 15 is 0 Å². The summed E-state index contributed by atoms with van der Waals surface area (Å²) in [5, 5.41) is 12.3. The number of ether oxygens (including phenoxy) is 2. The van der Waals surface area contributed by atoms with Crippen LogP contribution in [0.4, 0.5) is 10.1 Å². The highest BCUT2D eigenvalue weighted by Crippen LogP contribution is 2.30. The minimum absolute atomic E-state index is 0.0935. The van der Waals surface area contributed by atoms with Crippen LogP contribution in [0.3, 0.4) is 0 Å². The van der Waals surface area contributed by atoms with Crippen LogP contribution in [-0.4, -0.2) is 29.6 Å². The number of benzene rings is 3. The first kappa shape index (κ1) is 24.5. The number of amides is 1. The van der Waals surface area contributed by atoms with Gasteiger partial charge in [-0.25, -0.2) is 9.37 Å². The third kappa shape index (κ3) is 5.36. The highest BCUT2D eigenvalue weighted by Gasteiger charge is 2.13. The number of hydrogen-bond acceptors (Lipinski definition) is 5. The van der Waals surface area contributed by atoms with E-state index in [0.29, 0.717) is 28.5 Å². The Kier molecular flexibility index (Phi) is 7.02. The molecule has 0 saturated carbocycles. The second-order valence-electron chi connectivity index (χ2n) is 8.44. The first-order chi connectivity index (χ1) is 17.3. The summed E-state index contributed by atoms with van der Waals surface area (Å²) in [6.07, 6.45) is 1.69. The number of nitriles is 1. The Morgan fingerprint density at radius 3 is 2.64 bits per heavy atom. The van der Waals surface area contributed by atoms with E-state index in [0.717, 1.165) is 27.7 Å². The van der Waals surface area contributed by atoms with Crippen LogP contribution in [0.2, 0.25) is 0 Å². The first-order valence-electron chi connectivity index (χ1n) is 11.2. The highest BCUT2D eigenvalue weighted by molar-refractivity contribution is 5.92. The Hall–Kier alpha value is -4.64. The Morgan fingerprint density at radius 1 is 1.11 bits per heavy atom.